The van der Waals surface area contributed by atoms with Crippen molar-refractivity contribution >= 4 is 28.1 Å². The van der Waals surface area contributed by atoms with Crippen LogP contribution in [0.15, 0.2) is 6.20 Å². The molecule has 1 aromatic rings. The summed E-state index contributed by atoms with van der Waals surface area (Å²) in [5.41, 5.74) is -0.134. The van der Waals surface area contributed by atoms with Gasteiger partial charge < -0.3 is 0 Å². The second-order valence-electron chi connectivity index (χ2n) is 2.05. The van der Waals surface area contributed by atoms with Crippen molar-refractivity contribution in [3.8, 4) is 0 Å². The van der Waals surface area contributed by atoms with E-state index < -0.39 is 11.0 Å². The molecular weight excluding hydrogens is 181 g/mol. The predicted molar refractivity (Wildman–Crippen MR) is 44.1 cm³/mol. The number of rotatable bonds is 2. The first kappa shape index (κ1) is 8.79. The number of hydrogen-bond donors (Lipinski definition) is 2. The number of carbonyl (C=O) groups is 1. The smallest absolute Gasteiger partial charge is 0.270 e. The average Bonchev–Trinajstić information content (AvgIpc) is 2.35. The molecule has 0 radical (unpaired) electrons. The highest BCUT2D eigenvalue weighted by Gasteiger charge is 2.07. The van der Waals surface area contributed by atoms with E-state index >= 15 is 0 Å². The van der Waals surface area contributed by atoms with E-state index in [-0.39, 0.29) is 10.8 Å². The number of amides is 1. The van der Waals surface area contributed by atoms with Gasteiger partial charge >= 0.3 is 0 Å². The van der Waals surface area contributed by atoms with Gasteiger partial charge in [0.1, 0.15) is 0 Å². The first-order valence-corrected chi connectivity index (χ1v) is 3.89. The predicted octanol–water partition coefficient (Wildman–Crippen LogP) is 1.26. The normalized spacial score (nSPS) is 9.50. The van der Waals surface area contributed by atoms with Gasteiger partial charge in [0.05, 0.1) is 11.9 Å². The van der Waals surface area contributed by atoms with Gasteiger partial charge in [-0.3, -0.25) is 15.5 Å². The Labute approximate surface area is 71.9 Å². The van der Waals surface area contributed by atoms with E-state index in [1.807, 2.05) is 0 Å². The van der Waals surface area contributed by atoms with Crippen LogP contribution in [0.25, 0.3) is 0 Å². The summed E-state index contributed by atoms with van der Waals surface area (Å²) in [6.45, 7) is 1.35. The Morgan fingerprint density at radius 2 is 2.50 bits per heavy atom. The maximum atomic E-state index is 12.3. The molecule has 0 aliphatic carbocycles. The molecule has 0 saturated heterocycles. The van der Waals surface area contributed by atoms with Crippen LogP contribution in [0.2, 0.25) is 0 Å². The zero-order chi connectivity index (χ0) is 9.14. The van der Waals surface area contributed by atoms with Crippen molar-refractivity contribution in [1.82, 2.24) is 4.98 Å². The summed E-state index contributed by atoms with van der Waals surface area (Å²) >= 11 is 0.727. The van der Waals surface area contributed by atoms with Crippen molar-refractivity contribution in [3.05, 3.63) is 11.3 Å². The van der Waals surface area contributed by atoms with Gasteiger partial charge in [-0.25, -0.2) is 4.98 Å². The lowest BCUT2D eigenvalue weighted by Gasteiger charge is -1.96. The molecule has 0 unspecified atom stereocenters. The number of halogens is 1. The lowest BCUT2D eigenvalue weighted by molar-refractivity contribution is -0.110. The van der Waals surface area contributed by atoms with Gasteiger partial charge in [-0.2, -0.15) is 4.39 Å². The van der Waals surface area contributed by atoms with E-state index in [4.69, 9.17) is 5.41 Å². The molecule has 0 aromatic carbocycles. The molecule has 1 rings (SSSR count). The van der Waals surface area contributed by atoms with Crippen LogP contribution < -0.4 is 5.32 Å². The summed E-state index contributed by atoms with van der Waals surface area (Å²) in [5.74, 6) is -0.565. The maximum absolute atomic E-state index is 12.3. The van der Waals surface area contributed by atoms with Gasteiger partial charge in [-0.15, -0.1) is 0 Å². The highest BCUT2D eigenvalue weighted by Crippen LogP contribution is 2.15. The van der Waals surface area contributed by atoms with Crippen LogP contribution in [0.1, 0.15) is 6.92 Å². The number of nitrogens with one attached hydrogen (secondary N) is 2. The summed E-state index contributed by atoms with van der Waals surface area (Å²) < 4.78 is 12.3. The zero-order valence-electron chi connectivity index (χ0n) is 6.22. The number of carbonyl (C=O) groups excluding carboxylic acids is 1. The molecule has 4 nitrogen and oxygen atoms in total. The van der Waals surface area contributed by atoms with Gasteiger partial charge in [-0.1, -0.05) is 11.3 Å². The first-order chi connectivity index (χ1) is 5.59. The van der Waals surface area contributed by atoms with Crippen molar-refractivity contribution in [2.75, 3.05) is 5.32 Å². The lowest BCUT2D eigenvalue weighted by Crippen LogP contribution is -2.18. The molecule has 0 atom stereocenters. The van der Waals surface area contributed by atoms with Crippen LogP contribution in [0.5, 0.6) is 0 Å². The van der Waals surface area contributed by atoms with E-state index in [0.29, 0.717) is 0 Å². The number of nitrogens with zero attached hydrogens (tertiary/aromatic N) is 1. The Morgan fingerprint density at radius 1 is 1.83 bits per heavy atom. The van der Waals surface area contributed by atoms with Gasteiger partial charge in [0.15, 0.2) is 10.3 Å². The summed E-state index contributed by atoms with van der Waals surface area (Å²) in [4.78, 5) is 14.4. The third-order valence-corrected chi connectivity index (χ3v) is 1.74. The van der Waals surface area contributed by atoms with Crippen LogP contribution in [0, 0.1) is 10.5 Å². The quantitative estimate of drug-likeness (QED) is 0.684. The van der Waals surface area contributed by atoms with Crippen LogP contribution >= 0.6 is 11.3 Å². The molecule has 0 saturated carbocycles. The summed E-state index contributed by atoms with van der Waals surface area (Å²) in [5, 5.41) is 8.90. The second-order valence-corrected chi connectivity index (χ2v) is 3.03. The minimum Gasteiger partial charge on any atom is -0.300 e. The molecule has 0 aliphatic rings. The first-order valence-electron chi connectivity index (χ1n) is 3.07. The van der Waals surface area contributed by atoms with Gasteiger partial charge in [-0.05, 0) is 6.92 Å². The Hall–Kier alpha value is -1.30. The van der Waals surface area contributed by atoms with Crippen molar-refractivity contribution < 1.29 is 9.18 Å². The van der Waals surface area contributed by atoms with Crippen LogP contribution in [-0.2, 0) is 4.79 Å². The summed E-state index contributed by atoms with van der Waals surface area (Å²) in [6, 6.07) is 0. The van der Waals surface area contributed by atoms with E-state index in [1.54, 1.807) is 0 Å². The third-order valence-electron chi connectivity index (χ3n) is 1.04. The maximum Gasteiger partial charge on any atom is 0.270 e. The molecule has 1 heterocycles. The van der Waals surface area contributed by atoms with Crippen LogP contribution in [-0.4, -0.2) is 16.6 Å². The van der Waals surface area contributed by atoms with Crippen molar-refractivity contribution in [3.63, 3.8) is 0 Å². The molecule has 6 heteroatoms. The summed E-state index contributed by atoms with van der Waals surface area (Å²) in [7, 11) is 0. The van der Waals surface area contributed by atoms with Crippen molar-refractivity contribution in [1.29, 1.82) is 5.41 Å². The molecule has 0 aliphatic heterocycles. The lowest BCUT2D eigenvalue weighted by atomic mass is 10.4. The Bertz CT molecular complexity index is 322. The van der Waals surface area contributed by atoms with Crippen molar-refractivity contribution in [2.24, 2.45) is 0 Å². The topological polar surface area (TPSA) is 65.8 Å². The molecular formula is C6H6FN3OS. The highest BCUT2D eigenvalue weighted by molar-refractivity contribution is 7.14. The monoisotopic (exact) mass is 187 g/mol. The summed E-state index contributed by atoms with van der Waals surface area (Å²) in [6.07, 6.45) is 1.01. The number of anilines is 1. The van der Waals surface area contributed by atoms with Gasteiger partial charge in [0.2, 0.25) is 0 Å². The Balaban J connectivity index is 2.64. The number of aromatic nitrogens is 1. The molecule has 2 N–H and O–H groups in total. The zero-order valence-corrected chi connectivity index (χ0v) is 7.04. The largest absolute Gasteiger partial charge is 0.300 e. The molecule has 0 fully saturated rings. The van der Waals surface area contributed by atoms with E-state index in [1.165, 1.54) is 6.92 Å². The molecule has 1 amide bonds. The standard InChI is InChI=1S/C6H6FN3OS/c1-3(8)5(11)10-6-9-2-4(7)12-6/h2,8H,1H3,(H,9,10,11). The van der Waals surface area contributed by atoms with Crippen LogP contribution in [0.4, 0.5) is 9.52 Å². The average molecular weight is 187 g/mol. The van der Waals surface area contributed by atoms with E-state index in [9.17, 15) is 9.18 Å². The minimum absolute atomic E-state index is 0.134. The molecule has 64 valence electrons. The molecule has 0 bridgehead atoms. The minimum atomic E-state index is -0.565. The Morgan fingerprint density at radius 3 is 2.92 bits per heavy atom. The number of thiazole rings is 1. The van der Waals surface area contributed by atoms with E-state index in [2.05, 4.69) is 10.3 Å². The number of hydrogen-bond acceptors (Lipinski definition) is 4. The Kier molecular flexibility index (Phi) is 2.49. The fraction of sp³-hybridized carbons (Fsp3) is 0.167. The molecule has 0 spiro atoms. The molecule has 12 heavy (non-hydrogen) atoms. The van der Waals surface area contributed by atoms with Gasteiger partial charge in [0.25, 0.3) is 5.91 Å². The SMILES string of the molecule is CC(=N)C(=O)Nc1ncc(F)s1. The van der Waals surface area contributed by atoms with Crippen molar-refractivity contribution in [2.45, 2.75) is 6.92 Å². The fourth-order valence-corrected chi connectivity index (χ4v) is 1.04. The highest BCUT2D eigenvalue weighted by atomic mass is 32.1. The second kappa shape index (κ2) is 3.40. The van der Waals surface area contributed by atoms with E-state index in [0.717, 1.165) is 17.5 Å². The third kappa shape index (κ3) is 2.09. The molecule has 1 aromatic heterocycles. The fourth-order valence-electron chi connectivity index (χ4n) is 0.503. The van der Waals surface area contributed by atoms with Gasteiger partial charge in [0, 0.05) is 0 Å². The van der Waals surface area contributed by atoms with Crippen LogP contribution in [0.3, 0.4) is 0 Å².